The molecule has 0 aromatic heterocycles. The molecule has 0 aliphatic heterocycles. The van der Waals surface area contributed by atoms with Crippen molar-refractivity contribution in [2.75, 3.05) is 11.9 Å². The number of hydrogen-bond acceptors (Lipinski definition) is 3. The minimum absolute atomic E-state index is 0.151. The lowest BCUT2D eigenvalue weighted by Gasteiger charge is -2.19. The average Bonchev–Trinajstić information content (AvgIpc) is 2.45. The molecule has 0 bridgehead atoms. The normalized spacial score (nSPS) is 20.3. The Morgan fingerprint density at radius 2 is 2.29 bits per heavy atom. The van der Waals surface area contributed by atoms with E-state index in [0.717, 1.165) is 35.1 Å². The van der Waals surface area contributed by atoms with Gasteiger partial charge in [-0.1, -0.05) is 24.9 Å². The van der Waals surface area contributed by atoms with Crippen molar-refractivity contribution in [2.45, 2.75) is 32.6 Å². The number of carbonyl (C=O) groups is 1. The van der Waals surface area contributed by atoms with Gasteiger partial charge in [-0.3, -0.25) is 4.79 Å². The largest absolute Gasteiger partial charge is 0.375 e. The van der Waals surface area contributed by atoms with Crippen molar-refractivity contribution in [1.82, 2.24) is 5.43 Å². The lowest BCUT2D eigenvalue weighted by molar-refractivity contribution is -0.119. The van der Waals surface area contributed by atoms with Crippen LogP contribution in [0.15, 0.2) is 27.8 Å². The van der Waals surface area contributed by atoms with E-state index < -0.39 is 0 Å². The maximum absolute atomic E-state index is 11.8. The van der Waals surface area contributed by atoms with E-state index in [2.05, 4.69) is 38.7 Å². The molecule has 21 heavy (non-hydrogen) atoms. The van der Waals surface area contributed by atoms with E-state index in [1.165, 1.54) is 6.42 Å². The Balaban J connectivity index is 1.83. The van der Waals surface area contributed by atoms with Crippen molar-refractivity contribution in [1.29, 1.82) is 0 Å². The van der Waals surface area contributed by atoms with E-state index in [9.17, 15) is 4.79 Å². The Morgan fingerprint density at radius 3 is 3.00 bits per heavy atom. The number of rotatable bonds is 4. The Hall–Kier alpha value is -1.07. The third-order valence-electron chi connectivity index (χ3n) is 3.58. The summed E-state index contributed by atoms with van der Waals surface area (Å²) in [6.45, 7) is 2.33. The summed E-state index contributed by atoms with van der Waals surface area (Å²) in [5.74, 6) is 0.319. The molecule has 1 atom stereocenters. The van der Waals surface area contributed by atoms with Gasteiger partial charge in [0.25, 0.3) is 5.91 Å². The van der Waals surface area contributed by atoms with Crippen LogP contribution in [0.1, 0.15) is 32.6 Å². The van der Waals surface area contributed by atoms with E-state index >= 15 is 0 Å². The van der Waals surface area contributed by atoms with Crippen LogP contribution in [-0.2, 0) is 4.79 Å². The lowest BCUT2D eigenvalue weighted by atomic mass is 9.89. The molecule has 1 saturated carbocycles. The second-order valence-corrected chi connectivity index (χ2v) is 6.55. The number of halogens is 2. The number of nitrogens with one attached hydrogen (secondary N) is 2. The van der Waals surface area contributed by atoms with Crippen molar-refractivity contribution in [3.63, 3.8) is 0 Å². The molecular formula is C15H19BrClN3O. The Morgan fingerprint density at radius 1 is 1.48 bits per heavy atom. The Labute approximate surface area is 138 Å². The van der Waals surface area contributed by atoms with Gasteiger partial charge in [-0.25, -0.2) is 5.43 Å². The molecule has 1 fully saturated rings. The Kier molecular flexibility index (Phi) is 6.06. The highest BCUT2D eigenvalue weighted by atomic mass is 79.9. The zero-order chi connectivity index (χ0) is 15.2. The number of nitrogens with zero attached hydrogens (tertiary/aromatic N) is 1. The zero-order valence-electron chi connectivity index (χ0n) is 12.0. The fourth-order valence-electron chi connectivity index (χ4n) is 2.32. The minimum atomic E-state index is -0.151. The first-order chi connectivity index (χ1) is 10.1. The second kappa shape index (κ2) is 7.80. The van der Waals surface area contributed by atoms with Crippen LogP contribution in [-0.4, -0.2) is 18.2 Å². The van der Waals surface area contributed by atoms with Crippen LogP contribution in [0.4, 0.5) is 5.69 Å². The molecule has 1 amide bonds. The number of carbonyl (C=O) groups excluding carboxylic acids is 1. The molecular weight excluding hydrogens is 354 g/mol. The van der Waals surface area contributed by atoms with Crippen LogP contribution in [0.2, 0.25) is 5.02 Å². The van der Waals surface area contributed by atoms with Gasteiger partial charge in [0, 0.05) is 20.9 Å². The summed E-state index contributed by atoms with van der Waals surface area (Å²) >= 11 is 9.27. The maximum Gasteiger partial charge on any atom is 0.259 e. The standard InChI is InChI=1S/C15H19BrClN3O/c1-10-4-2-3-5-13(10)19-20-15(21)9-18-14-7-6-11(17)8-12(14)16/h6-8,10,18H,2-5,9H2,1H3,(H,20,21)/t10-/m1/s1. The van der Waals surface area contributed by atoms with Gasteiger partial charge in [0.2, 0.25) is 0 Å². The Bertz CT molecular complexity index is 548. The van der Waals surface area contributed by atoms with Crippen molar-refractivity contribution < 1.29 is 4.79 Å². The highest BCUT2D eigenvalue weighted by molar-refractivity contribution is 9.10. The number of benzene rings is 1. The van der Waals surface area contributed by atoms with Crippen molar-refractivity contribution in [3.8, 4) is 0 Å². The fourth-order valence-corrected chi connectivity index (χ4v) is 3.14. The van der Waals surface area contributed by atoms with Gasteiger partial charge >= 0.3 is 0 Å². The van der Waals surface area contributed by atoms with Crippen LogP contribution in [0.25, 0.3) is 0 Å². The molecule has 4 nitrogen and oxygen atoms in total. The van der Waals surface area contributed by atoms with E-state index in [0.29, 0.717) is 10.9 Å². The van der Waals surface area contributed by atoms with Crippen molar-refractivity contribution >= 4 is 44.8 Å². The van der Waals surface area contributed by atoms with Crippen LogP contribution in [0.3, 0.4) is 0 Å². The number of amides is 1. The molecule has 1 aromatic rings. The molecule has 0 radical (unpaired) electrons. The summed E-state index contributed by atoms with van der Waals surface area (Å²) in [6.07, 6.45) is 4.55. The highest BCUT2D eigenvalue weighted by Crippen LogP contribution is 2.25. The molecule has 114 valence electrons. The average molecular weight is 373 g/mol. The highest BCUT2D eigenvalue weighted by Gasteiger charge is 2.16. The summed E-state index contributed by atoms with van der Waals surface area (Å²) < 4.78 is 0.829. The lowest BCUT2D eigenvalue weighted by Crippen LogP contribution is -2.29. The van der Waals surface area contributed by atoms with Crippen LogP contribution >= 0.6 is 27.5 Å². The number of hydrogen-bond donors (Lipinski definition) is 2. The van der Waals surface area contributed by atoms with Gasteiger partial charge in [0.15, 0.2) is 0 Å². The minimum Gasteiger partial charge on any atom is -0.375 e. The van der Waals surface area contributed by atoms with Crippen LogP contribution in [0.5, 0.6) is 0 Å². The van der Waals surface area contributed by atoms with Crippen LogP contribution in [0, 0.1) is 5.92 Å². The summed E-state index contributed by atoms with van der Waals surface area (Å²) in [6, 6.07) is 5.39. The maximum atomic E-state index is 11.8. The van der Waals surface area contributed by atoms with Gasteiger partial charge in [-0.2, -0.15) is 5.10 Å². The summed E-state index contributed by atoms with van der Waals surface area (Å²) in [5.41, 5.74) is 4.56. The molecule has 0 heterocycles. The topological polar surface area (TPSA) is 53.5 Å². The molecule has 0 saturated heterocycles. The first-order valence-electron chi connectivity index (χ1n) is 7.10. The number of hydrazone groups is 1. The smallest absolute Gasteiger partial charge is 0.259 e. The molecule has 1 aromatic carbocycles. The molecule has 6 heteroatoms. The van der Waals surface area contributed by atoms with Crippen molar-refractivity contribution in [3.05, 3.63) is 27.7 Å². The molecule has 1 aliphatic carbocycles. The van der Waals surface area contributed by atoms with Crippen molar-refractivity contribution in [2.24, 2.45) is 11.0 Å². The van der Waals surface area contributed by atoms with E-state index in [-0.39, 0.29) is 12.5 Å². The monoisotopic (exact) mass is 371 g/mol. The van der Waals surface area contributed by atoms with Gasteiger partial charge in [0.05, 0.1) is 6.54 Å². The predicted octanol–water partition coefficient (Wildman–Crippen LogP) is 4.20. The first kappa shape index (κ1) is 16.3. The zero-order valence-corrected chi connectivity index (χ0v) is 14.3. The SMILES string of the molecule is C[C@@H]1CCCCC1=NNC(=O)CNc1ccc(Cl)cc1Br. The molecule has 0 unspecified atom stereocenters. The summed E-state index contributed by atoms with van der Waals surface area (Å²) in [5, 5.41) is 7.96. The summed E-state index contributed by atoms with van der Waals surface area (Å²) in [4.78, 5) is 11.8. The quantitative estimate of drug-likeness (QED) is 0.778. The first-order valence-corrected chi connectivity index (χ1v) is 8.27. The van der Waals surface area contributed by atoms with Crippen LogP contribution < -0.4 is 10.7 Å². The van der Waals surface area contributed by atoms with Gasteiger partial charge in [-0.05, 0) is 59.3 Å². The predicted molar refractivity (Wildman–Crippen MR) is 90.9 cm³/mol. The molecule has 1 aliphatic rings. The van der Waals surface area contributed by atoms with E-state index in [1.807, 2.05) is 6.07 Å². The van der Waals surface area contributed by atoms with Gasteiger partial charge in [0.1, 0.15) is 0 Å². The van der Waals surface area contributed by atoms with E-state index in [4.69, 9.17) is 11.6 Å². The molecule has 2 rings (SSSR count). The second-order valence-electron chi connectivity index (χ2n) is 5.26. The van der Waals surface area contributed by atoms with E-state index in [1.54, 1.807) is 12.1 Å². The van der Waals surface area contributed by atoms with Gasteiger partial charge < -0.3 is 5.32 Å². The molecule has 0 spiro atoms. The third-order valence-corrected chi connectivity index (χ3v) is 4.47. The number of anilines is 1. The fraction of sp³-hybridized carbons (Fsp3) is 0.467. The summed E-state index contributed by atoms with van der Waals surface area (Å²) in [7, 11) is 0. The third kappa shape index (κ3) is 5.00. The molecule has 2 N–H and O–H groups in total. The van der Waals surface area contributed by atoms with Gasteiger partial charge in [-0.15, -0.1) is 0 Å².